The molecule has 0 bridgehead atoms. The van der Waals surface area contributed by atoms with Gasteiger partial charge in [0.1, 0.15) is 0 Å². The maximum atomic E-state index is 3.75. The van der Waals surface area contributed by atoms with Crippen LogP contribution in [0.1, 0.15) is 53.4 Å². The third-order valence-electron chi connectivity index (χ3n) is 3.96. The monoisotopic (exact) mass is 281 g/mol. The number of hydrogen-bond acceptors (Lipinski definition) is 0. The summed E-state index contributed by atoms with van der Waals surface area (Å²) >= 11 is 0. The Morgan fingerprint density at radius 3 is 2.53 bits per heavy atom. The van der Waals surface area contributed by atoms with Crippen molar-refractivity contribution in [1.29, 1.82) is 0 Å². The Bertz CT molecular complexity index is 333. The molecule has 1 atom stereocenters. The first kappa shape index (κ1) is 15.5. The van der Waals surface area contributed by atoms with Crippen molar-refractivity contribution < 1.29 is 21.7 Å². The maximum Gasteiger partial charge on any atom is 0.0253 e. The van der Waals surface area contributed by atoms with E-state index in [2.05, 4.69) is 33.8 Å². The number of hydrogen-bond donors (Lipinski definition) is 0. The molecular formula is C15H25SiTi-. The third kappa shape index (κ3) is 3.94. The van der Waals surface area contributed by atoms with E-state index >= 15 is 0 Å². The molecule has 0 fully saturated rings. The fraction of sp³-hybridized carbons (Fsp3) is 0.733. The van der Waals surface area contributed by atoms with Crippen molar-refractivity contribution in [3.8, 4) is 0 Å². The Morgan fingerprint density at radius 1 is 1.24 bits per heavy atom. The normalized spacial score (nSPS) is 24.9. The van der Waals surface area contributed by atoms with Gasteiger partial charge in [-0.05, 0) is 11.5 Å². The van der Waals surface area contributed by atoms with Gasteiger partial charge in [-0.3, -0.25) is 6.08 Å². The third-order valence-corrected chi connectivity index (χ3v) is 6.32. The molecule has 17 heavy (non-hydrogen) atoms. The molecule has 0 saturated heterocycles. The Labute approximate surface area is 124 Å². The zero-order valence-corrected chi connectivity index (χ0v) is 14.8. The SMILES string of the molecule is CC1=[C-]C(C[SiH2]C(C)(C)C)C2=C1CCCC2.[Ti]. The molecule has 0 heterocycles. The van der Waals surface area contributed by atoms with E-state index in [0.29, 0.717) is 5.04 Å². The van der Waals surface area contributed by atoms with Crippen molar-refractivity contribution in [3.63, 3.8) is 0 Å². The van der Waals surface area contributed by atoms with Crippen LogP contribution in [0.2, 0.25) is 11.1 Å². The van der Waals surface area contributed by atoms with E-state index in [4.69, 9.17) is 0 Å². The Morgan fingerprint density at radius 2 is 1.88 bits per heavy atom. The molecule has 2 heteroatoms. The summed E-state index contributed by atoms with van der Waals surface area (Å²) in [5.74, 6) is 0.723. The molecule has 2 aliphatic rings. The van der Waals surface area contributed by atoms with Crippen LogP contribution in [0.15, 0.2) is 16.7 Å². The van der Waals surface area contributed by atoms with E-state index < -0.39 is 0 Å². The summed E-state index contributed by atoms with van der Waals surface area (Å²) in [5.41, 5.74) is 4.96. The molecule has 0 aromatic carbocycles. The molecule has 94 valence electrons. The van der Waals surface area contributed by atoms with E-state index in [-0.39, 0.29) is 31.2 Å². The van der Waals surface area contributed by atoms with Gasteiger partial charge in [0.25, 0.3) is 0 Å². The molecule has 0 aromatic heterocycles. The minimum Gasteiger partial charge on any atom is -0.266 e. The van der Waals surface area contributed by atoms with Gasteiger partial charge >= 0.3 is 0 Å². The predicted octanol–water partition coefficient (Wildman–Crippen LogP) is 4.04. The average molecular weight is 281 g/mol. The molecule has 0 spiro atoms. The van der Waals surface area contributed by atoms with Crippen molar-refractivity contribution in [2.24, 2.45) is 5.92 Å². The van der Waals surface area contributed by atoms with Crippen LogP contribution in [0.3, 0.4) is 0 Å². The minimum atomic E-state index is 0. The fourth-order valence-corrected chi connectivity index (χ4v) is 4.65. The summed E-state index contributed by atoms with van der Waals surface area (Å²) in [5, 5.41) is 0.605. The van der Waals surface area contributed by atoms with E-state index in [0.717, 1.165) is 5.92 Å². The van der Waals surface area contributed by atoms with Crippen LogP contribution in [0.4, 0.5) is 0 Å². The smallest absolute Gasteiger partial charge is 0.0253 e. The summed E-state index contributed by atoms with van der Waals surface area (Å²) < 4.78 is 0. The van der Waals surface area contributed by atoms with Gasteiger partial charge in [0, 0.05) is 31.2 Å². The van der Waals surface area contributed by atoms with E-state index in [1.165, 1.54) is 37.3 Å². The summed E-state index contributed by atoms with van der Waals surface area (Å²) in [6.07, 6.45) is 9.27. The van der Waals surface area contributed by atoms with Crippen molar-refractivity contribution in [1.82, 2.24) is 0 Å². The van der Waals surface area contributed by atoms with Gasteiger partial charge < -0.3 is 0 Å². The van der Waals surface area contributed by atoms with Crippen molar-refractivity contribution in [2.75, 3.05) is 0 Å². The van der Waals surface area contributed by atoms with Crippen molar-refractivity contribution in [3.05, 3.63) is 22.8 Å². The summed E-state index contributed by atoms with van der Waals surface area (Å²) in [4.78, 5) is 0. The Kier molecular flexibility index (Phi) is 5.49. The minimum absolute atomic E-state index is 0. The molecule has 1 unspecified atom stereocenters. The van der Waals surface area contributed by atoms with E-state index in [9.17, 15) is 0 Å². The summed E-state index contributed by atoms with van der Waals surface area (Å²) in [6.45, 7) is 9.49. The van der Waals surface area contributed by atoms with Crippen molar-refractivity contribution in [2.45, 2.75) is 64.5 Å². The van der Waals surface area contributed by atoms with Gasteiger partial charge in [0.2, 0.25) is 0 Å². The van der Waals surface area contributed by atoms with Gasteiger partial charge in [-0.25, -0.2) is 5.57 Å². The molecule has 2 rings (SSSR count). The molecule has 0 nitrogen and oxygen atoms in total. The molecule has 0 amide bonds. The quantitative estimate of drug-likeness (QED) is 0.529. The largest absolute Gasteiger partial charge is 0.266 e. The van der Waals surface area contributed by atoms with Crippen LogP contribution in [-0.4, -0.2) is 9.52 Å². The van der Waals surface area contributed by atoms with Crippen LogP contribution in [-0.2, 0) is 21.7 Å². The molecule has 2 aliphatic carbocycles. The second-order valence-electron chi connectivity index (χ2n) is 6.63. The molecule has 0 saturated carbocycles. The molecule has 0 aliphatic heterocycles. The van der Waals surface area contributed by atoms with Crippen LogP contribution < -0.4 is 0 Å². The number of rotatable bonds is 2. The topological polar surface area (TPSA) is 0 Å². The standard InChI is InChI=1S/C15H25Si.Ti/c1-11-9-12(10-16-15(2,3)4)14-8-6-5-7-13(11)14;/h12H,5-8,10,16H2,1-4H3;/q-1;. The first-order valence-corrected chi connectivity index (χ1v) is 8.50. The number of allylic oxidation sites excluding steroid dienone is 4. The zero-order chi connectivity index (χ0) is 11.8. The average Bonchev–Trinajstić information content (AvgIpc) is 2.53. The van der Waals surface area contributed by atoms with E-state index in [1.807, 2.05) is 0 Å². The molecular weight excluding hydrogens is 256 g/mol. The fourth-order valence-electron chi connectivity index (χ4n) is 3.00. The molecule has 0 radical (unpaired) electrons. The predicted molar refractivity (Wildman–Crippen MR) is 74.5 cm³/mol. The zero-order valence-electron chi connectivity index (χ0n) is 11.8. The van der Waals surface area contributed by atoms with Crippen LogP contribution in [0.25, 0.3) is 0 Å². The maximum absolute atomic E-state index is 3.75. The van der Waals surface area contributed by atoms with Gasteiger partial charge in [-0.15, -0.1) is 0 Å². The van der Waals surface area contributed by atoms with Gasteiger partial charge in [-0.2, -0.15) is 11.1 Å². The molecule has 0 N–H and O–H groups in total. The first-order valence-electron chi connectivity index (χ1n) is 6.80. The Balaban J connectivity index is 0.00000144. The molecule has 0 aromatic rings. The second-order valence-corrected chi connectivity index (χ2v) is 9.83. The summed E-state index contributed by atoms with van der Waals surface area (Å²) in [6, 6.07) is 1.44. The van der Waals surface area contributed by atoms with Gasteiger partial charge in [0.15, 0.2) is 0 Å². The Hall–Kier alpha value is 0.411. The van der Waals surface area contributed by atoms with Gasteiger partial charge in [0.05, 0.1) is 0 Å². The van der Waals surface area contributed by atoms with Crippen LogP contribution >= 0.6 is 0 Å². The summed E-state index contributed by atoms with van der Waals surface area (Å²) in [7, 11) is 0.0402. The van der Waals surface area contributed by atoms with Crippen LogP contribution in [0, 0.1) is 12.0 Å². The second kappa shape index (κ2) is 6.04. The van der Waals surface area contributed by atoms with E-state index in [1.54, 1.807) is 11.1 Å². The first-order chi connectivity index (χ1) is 7.47. The van der Waals surface area contributed by atoms with Gasteiger partial charge in [-0.1, -0.05) is 58.9 Å². The van der Waals surface area contributed by atoms with Crippen LogP contribution in [0.5, 0.6) is 0 Å². The van der Waals surface area contributed by atoms with Crippen molar-refractivity contribution >= 4 is 9.52 Å².